The highest BCUT2D eigenvalue weighted by Gasteiger charge is 2.20. The maximum atomic E-state index is 6.71. The zero-order valence-corrected chi connectivity index (χ0v) is 27.7. The normalized spacial score (nSPS) is 11.8. The van der Waals surface area contributed by atoms with Crippen LogP contribution < -0.4 is 0 Å². The van der Waals surface area contributed by atoms with Gasteiger partial charge in [-0.3, -0.25) is 0 Å². The number of aromatic nitrogens is 3. The van der Waals surface area contributed by atoms with E-state index in [0.717, 1.165) is 76.7 Å². The maximum absolute atomic E-state index is 6.71. The zero-order chi connectivity index (χ0) is 34.2. The summed E-state index contributed by atoms with van der Waals surface area (Å²) in [5.41, 5.74) is 8.36. The van der Waals surface area contributed by atoms with Crippen molar-refractivity contribution in [1.82, 2.24) is 15.0 Å². The quantitative estimate of drug-likeness (QED) is 0.175. The van der Waals surface area contributed by atoms with E-state index in [0.29, 0.717) is 17.5 Å². The smallest absolute Gasteiger partial charge is 0.164 e. The Morgan fingerprint density at radius 3 is 1.63 bits per heavy atom. The average molecular weight is 666 g/mol. The van der Waals surface area contributed by atoms with E-state index in [1.165, 1.54) is 16.5 Å². The molecule has 0 aliphatic rings. The van der Waals surface area contributed by atoms with Crippen LogP contribution in [0.4, 0.5) is 0 Å². The molecule has 0 atom stereocenters. The van der Waals surface area contributed by atoms with Gasteiger partial charge < -0.3 is 8.83 Å². The van der Waals surface area contributed by atoms with Crippen LogP contribution >= 0.6 is 0 Å². The molecular formula is C47H27N3O2. The van der Waals surface area contributed by atoms with Gasteiger partial charge >= 0.3 is 0 Å². The van der Waals surface area contributed by atoms with Crippen molar-refractivity contribution in [3.8, 4) is 45.3 Å². The number of hydrogen-bond acceptors (Lipinski definition) is 5. The largest absolute Gasteiger partial charge is 0.456 e. The molecule has 5 heteroatoms. The minimum Gasteiger partial charge on any atom is -0.456 e. The van der Waals surface area contributed by atoms with Crippen molar-refractivity contribution in [2.45, 2.75) is 0 Å². The fourth-order valence-electron chi connectivity index (χ4n) is 7.71. The summed E-state index contributed by atoms with van der Waals surface area (Å²) >= 11 is 0. The van der Waals surface area contributed by atoms with Crippen LogP contribution in [0.5, 0.6) is 0 Å². The lowest BCUT2D eigenvalue weighted by Crippen LogP contribution is -2.00. The summed E-state index contributed by atoms with van der Waals surface area (Å²) < 4.78 is 13.0. The topological polar surface area (TPSA) is 65.0 Å². The molecular weight excluding hydrogens is 639 g/mol. The van der Waals surface area contributed by atoms with Gasteiger partial charge in [-0.25, -0.2) is 15.0 Å². The van der Waals surface area contributed by atoms with Crippen molar-refractivity contribution in [2.75, 3.05) is 0 Å². The molecule has 242 valence electrons. The van der Waals surface area contributed by atoms with Gasteiger partial charge in [0.05, 0.1) is 0 Å². The minimum absolute atomic E-state index is 0.583. The first kappa shape index (κ1) is 28.7. The summed E-state index contributed by atoms with van der Waals surface area (Å²) in [5.74, 6) is 1.77. The Morgan fingerprint density at radius 1 is 0.308 bits per heavy atom. The molecule has 0 amide bonds. The van der Waals surface area contributed by atoms with Gasteiger partial charge in [0.2, 0.25) is 0 Å². The van der Waals surface area contributed by atoms with Gasteiger partial charge in [0.15, 0.2) is 17.5 Å². The van der Waals surface area contributed by atoms with Crippen LogP contribution in [0.2, 0.25) is 0 Å². The van der Waals surface area contributed by atoms with E-state index in [-0.39, 0.29) is 0 Å². The number of benzene rings is 8. The Kier molecular flexibility index (Phi) is 6.18. The number of para-hydroxylation sites is 2. The maximum Gasteiger partial charge on any atom is 0.164 e. The Bertz CT molecular complexity index is 3180. The molecule has 11 rings (SSSR count). The first-order valence-corrected chi connectivity index (χ1v) is 17.4. The Hall–Kier alpha value is -7.11. The molecule has 0 aliphatic carbocycles. The minimum atomic E-state index is 0.583. The second kappa shape index (κ2) is 11.2. The van der Waals surface area contributed by atoms with E-state index < -0.39 is 0 Å². The van der Waals surface area contributed by atoms with Gasteiger partial charge in [0.25, 0.3) is 0 Å². The highest BCUT2D eigenvalue weighted by Crippen LogP contribution is 2.43. The Balaban J connectivity index is 1.18. The molecule has 0 spiro atoms. The van der Waals surface area contributed by atoms with E-state index in [1.807, 2.05) is 72.8 Å². The second-order valence-corrected chi connectivity index (χ2v) is 13.1. The molecule has 0 unspecified atom stereocenters. The van der Waals surface area contributed by atoms with Crippen molar-refractivity contribution in [2.24, 2.45) is 0 Å². The van der Waals surface area contributed by atoms with Gasteiger partial charge in [-0.2, -0.15) is 0 Å². The van der Waals surface area contributed by atoms with Crippen molar-refractivity contribution in [3.05, 3.63) is 164 Å². The summed E-state index contributed by atoms with van der Waals surface area (Å²) in [6.07, 6.45) is 0. The monoisotopic (exact) mass is 665 g/mol. The highest BCUT2D eigenvalue weighted by molar-refractivity contribution is 6.30. The summed E-state index contributed by atoms with van der Waals surface area (Å²) in [4.78, 5) is 15.3. The van der Waals surface area contributed by atoms with Crippen molar-refractivity contribution < 1.29 is 8.83 Å². The van der Waals surface area contributed by atoms with Crippen molar-refractivity contribution in [3.63, 3.8) is 0 Å². The van der Waals surface area contributed by atoms with E-state index in [2.05, 4.69) is 91.0 Å². The fourth-order valence-corrected chi connectivity index (χ4v) is 7.71. The van der Waals surface area contributed by atoms with Crippen molar-refractivity contribution >= 4 is 65.4 Å². The molecule has 5 nitrogen and oxygen atoms in total. The predicted octanol–water partition coefficient (Wildman–Crippen LogP) is 12.6. The molecule has 0 N–H and O–H groups in total. The Morgan fingerprint density at radius 2 is 0.865 bits per heavy atom. The third kappa shape index (κ3) is 4.39. The molecule has 0 radical (unpaired) electrons. The summed E-state index contributed by atoms with van der Waals surface area (Å²) in [6.45, 7) is 0. The van der Waals surface area contributed by atoms with Crippen LogP contribution in [0.3, 0.4) is 0 Å². The first-order chi connectivity index (χ1) is 25.8. The molecule has 0 bridgehead atoms. The molecule has 0 aliphatic heterocycles. The molecule has 11 aromatic rings. The highest BCUT2D eigenvalue weighted by atomic mass is 16.3. The summed E-state index contributed by atoms with van der Waals surface area (Å²) in [7, 11) is 0. The van der Waals surface area contributed by atoms with Gasteiger partial charge in [-0.05, 0) is 57.6 Å². The standard InChI is InChI=1S/C47H27N3O2/c1-3-12-28(13-4-1)30-22-24-32-33-25-23-31(27-38(33)44-43(37(32)26-30)35-17-8-10-20-40(35)52-44)46-48-45(29-14-5-2-6-15-29)49-47(50-46)36-18-11-21-41-42(36)34-16-7-9-19-39(34)51-41/h1-27H. The van der Waals surface area contributed by atoms with Crippen LogP contribution in [0.1, 0.15) is 0 Å². The van der Waals surface area contributed by atoms with Gasteiger partial charge in [0.1, 0.15) is 22.3 Å². The zero-order valence-electron chi connectivity index (χ0n) is 27.7. The van der Waals surface area contributed by atoms with Gasteiger partial charge in [-0.15, -0.1) is 0 Å². The molecule has 0 saturated heterocycles. The first-order valence-electron chi connectivity index (χ1n) is 17.4. The average Bonchev–Trinajstić information content (AvgIpc) is 3.81. The van der Waals surface area contributed by atoms with Crippen LogP contribution in [-0.2, 0) is 0 Å². The predicted molar refractivity (Wildman–Crippen MR) is 211 cm³/mol. The number of furan rings is 2. The van der Waals surface area contributed by atoms with Crippen LogP contribution in [0.25, 0.3) is 111 Å². The van der Waals surface area contributed by atoms with E-state index in [9.17, 15) is 0 Å². The van der Waals surface area contributed by atoms with Gasteiger partial charge in [0, 0.05) is 43.6 Å². The lowest BCUT2D eigenvalue weighted by atomic mass is 9.93. The third-order valence-electron chi connectivity index (χ3n) is 10.1. The number of hydrogen-bond donors (Lipinski definition) is 0. The Labute approximate surface area is 297 Å². The SMILES string of the molecule is c1ccc(-c2ccc3c4ccc(-c5nc(-c6ccccc6)nc(-c6cccc7oc8ccccc8c67)n5)cc4c4oc5ccccc5c4c3c2)cc1. The van der Waals surface area contributed by atoms with Crippen molar-refractivity contribution in [1.29, 1.82) is 0 Å². The summed E-state index contributed by atoms with van der Waals surface area (Å²) in [6, 6.07) is 56.3. The van der Waals surface area contributed by atoms with E-state index in [1.54, 1.807) is 0 Å². The number of fused-ring (bicyclic) bond motifs is 11. The van der Waals surface area contributed by atoms with E-state index >= 15 is 0 Å². The summed E-state index contributed by atoms with van der Waals surface area (Å²) in [5, 5.41) is 8.65. The molecule has 52 heavy (non-hydrogen) atoms. The van der Waals surface area contributed by atoms with Crippen LogP contribution in [0, 0.1) is 0 Å². The second-order valence-electron chi connectivity index (χ2n) is 13.1. The van der Waals surface area contributed by atoms with E-state index in [4.69, 9.17) is 23.8 Å². The fraction of sp³-hybridized carbons (Fsp3) is 0. The van der Waals surface area contributed by atoms with Gasteiger partial charge in [-0.1, -0.05) is 133 Å². The number of nitrogens with zero attached hydrogens (tertiary/aromatic N) is 3. The lowest BCUT2D eigenvalue weighted by Gasteiger charge is -2.12. The van der Waals surface area contributed by atoms with Crippen LogP contribution in [-0.4, -0.2) is 15.0 Å². The molecule has 3 heterocycles. The molecule has 8 aromatic carbocycles. The third-order valence-corrected chi connectivity index (χ3v) is 10.1. The molecule has 3 aromatic heterocycles. The van der Waals surface area contributed by atoms with Crippen LogP contribution in [0.15, 0.2) is 173 Å². The molecule has 0 saturated carbocycles. The number of rotatable bonds is 4. The molecule has 0 fully saturated rings. The lowest BCUT2D eigenvalue weighted by molar-refractivity contribution is 0.669.